The fourth-order valence-electron chi connectivity index (χ4n) is 1.46. The van der Waals surface area contributed by atoms with Gasteiger partial charge in [0.15, 0.2) is 5.75 Å². The van der Waals surface area contributed by atoms with Crippen molar-refractivity contribution in [2.45, 2.75) is 12.7 Å². The van der Waals surface area contributed by atoms with Gasteiger partial charge < -0.3 is 20.9 Å². The summed E-state index contributed by atoms with van der Waals surface area (Å²) in [5.74, 6) is -2.64. The van der Waals surface area contributed by atoms with Crippen molar-refractivity contribution in [3.05, 3.63) is 48.0 Å². The Bertz CT molecular complexity index is 747. The standard InChI is InChI=1S/2C7H5F4NO/c8-4-1-2-6(5(12)3-4)13-7(9,10)11;8-5-2-1-4(3-6(5)12)13-7(9,10)11/h2*1-3H,12H2. The summed E-state index contributed by atoms with van der Waals surface area (Å²) in [6.07, 6.45) is -9.60. The van der Waals surface area contributed by atoms with E-state index in [2.05, 4.69) is 9.47 Å². The van der Waals surface area contributed by atoms with E-state index < -0.39 is 41.5 Å². The second kappa shape index (κ2) is 7.97. The molecule has 0 saturated heterocycles. The van der Waals surface area contributed by atoms with Crippen LogP contribution in [0.1, 0.15) is 0 Å². The first-order valence-corrected chi connectivity index (χ1v) is 6.38. The molecule has 144 valence electrons. The van der Waals surface area contributed by atoms with E-state index in [-0.39, 0.29) is 5.69 Å². The Labute approximate surface area is 140 Å². The smallest absolute Gasteiger partial charge is 0.406 e. The van der Waals surface area contributed by atoms with Gasteiger partial charge in [-0.25, -0.2) is 8.78 Å². The molecule has 2 aromatic rings. The second-order valence-electron chi connectivity index (χ2n) is 4.46. The van der Waals surface area contributed by atoms with Crippen molar-refractivity contribution in [3.63, 3.8) is 0 Å². The Morgan fingerprint density at radius 2 is 1.27 bits per heavy atom. The lowest BCUT2D eigenvalue weighted by atomic mass is 10.3. The van der Waals surface area contributed by atoms with Crippen molar-refractivity contribution in [1.82, 2.24) is 0 Å². The SMILES string of the molecule is Nc1cc(F)ccc1OC(F)(F)F.Nc1cc(OC(F)(F)F)ccc1F. The molecule has 0 amide bonds. The van der Waals surface area contributed by atoms with Crippen molar-refractivity contribution in [2.24, 2.45) is 0 Å². The van der Waals surface area contributed by atoms with Crippen molar-refractivity contribution in [1.29, 1.82) is 0 Å². The predicted octanol–water partition coefficient (Wildman–Crippen LogP) is 4.61. The third-order valence-corrected chi connectivity index (χ3v) is 2.40. The lowest BCUT2D eigenvalue weighted by Crippen LogP contribution is -2.18. The van der Waals surface area contributed by atoms with Gasteiger partial charge in [-0.15, -0.1) is 26.3 Å². The van der Waals surface area contributed by atoms with Gasteiger partial charge in [0.2, 0.25) is 0 Å². The largest absolute Gasteiger partial charge is 0.573 e. The third-order valence-electron chi connectivity index (χ3n) is 2.40. The molecule has 0 aliphatic carbocycles. The van der Waals surface area contributed by atoms with Crippen molar-refractivity contribution in [2.75, 3.05) is 11.5 Å². The lowest BCUT2D eigenvalue weighted by Gasteiger charge is -2.10. The van der Waals surface area contributed by atoms with Gasteiger partial charge in [0.1, 0.15) is 17.4 Å². The molecule has 0 aromatic heterocycles. The molecule has 2 aromatic carbocycles. The van der Waals surface area contributed by atoms with Gasteiger partial charge >= 0.3 is 12.7 Å². The first kappa shape index (κ1) is 21.1. The summed E-state index contributed by atoms with van der Waals surface area (Å²) in [6, 6.07) is 4.81. The molecule has 12 heteroatoms. The van der Waals surface area contributed by atoms with E-state index in [4.69, 9.17) is 11.5 Å². The molecule has 4 N–H and O–H groups in total. The lowest BCUT2D eigenvalue weighted by molar-refractivity contribution is -0.275. The van der Waals surface area contributed by atoms with Crippen molar-refractivity contribution >= 4 is 11.4 Å². The summed E-state index contributed by atoms with van der Waals surface area (Å²) < 4.78 is 102. The summed E-state index contributed by atoms with van der Waals surface area (Å²) in [7, 11) is 0. The number of hydrogen-bond donors (Lipinski definition) is 2. The maximum atomic E-state index is 12.5. The minimum atomic E-state index is -4.81. The minimum Gasteiger partial charge on any atom is -0.406 e. The number of nitrogen functional groups attached to an aromatic ring is 2. The van der Waals surface area contributed by atoms with Crippen LogP contribution in [0.15, 0.2) is 36.4 Å². The summed E-state index contributed by atoms with van der Waals surface area (Å²) in [6.45, 7) is 0. The highest BCUT2D eigenvalue weighted by Crippen LogP contribution is 2.28. The van der Waals surface area contributed by atoms with Crippen LogP contribution < -0.4 is 20.9 Å². The predicted molar refractivity (Wildman–Crippen MR) is 75.0 cm³/mol. The average Bonchev–Trinajstić information content (AvgIpc) is 2.44. The molecule has 0 fully saturated rings. The number of halogens is 8. The van der Waals surface area contributed by atoms with Gasteiger partial charge in [0, 0.05) is 12.1 Å². The van der Waals surface area contributed by atoms with E-state index in [1.54, 1.807) is 0 Å². The highest BCUT2D eigenvalue weighted by Gasteiger charge is 2.32. The van der Waals surface area contributed by atoms with Gasteiger partial charge in [-0.05, 0) is 24.3 Å². The van der Waals surface area contributed by atoms with Crippen LogP contribution in [0.25, 0.3) is 0 Å². The monoisotopic (exact) mass is 390 g/mol. The molecule has 0 aliphatic heterocycles. The maximum Gasteiger partial charge on any atom is 0.573 e. The van der Waals surface area contributed by atoms with E-state index in [9.17, 15) is 35.1 Å². The van der Waals surface area contributed by atoms with E-state index in [1.165, 1.54) is 0 Å². The van der Waals surface area contributed by atoms with Crippen LogP contribution in [-0.2, 0) is 0 Å². The summed E-state index contributed by atoms with van der Waals surface area (Å²) >= 11 is 0. The number of anilines is 2. The Kier molecular flexibility index (Phi) is 6.48. The Balaban J connectivity index is 0.000000260. The van der Waals surface area contributed by atoms with E-state index >= 15 is 0 Å². The summed E-state index contributed by atoms with van der Waals surface area (Å²) in [5.41, 5.74) is 9.30. The molecule has 0 unspecified atom stereocenters. The first-order valence-electron chi connectivity index (χ1n) is 6.38. The van der Waals surface area contributed by atoms with E-state index in [1.807, 2.05) is 0 Å². The average molecular weight is 390 g/mol. The zero-order chi connectivity index (χ0) is 20.1. The molecule has 4 nitrogen and oxygen atoms in total. The van der Waals surface area contributed by atoms with Gasteiger partial charge in [-0.3, -0.25) is 0 Å². The molecule has 0 aliphatic rings. The Hall–Kier alpha value is -2.92. The number of benzene rings is 2. The van der Waals surface area contributed by atoms with Crippen LogP contribution in [0.5, 0.6) is 11.5 Å². The normalized spacial score (nSPS) is 11.4. The van der Waals surface area contributed by atoms with Crippen LogP contribution in [0, 0.1) is 11.6 Å². The summed E-state index contributed by atoms with van der Waals surface area (Å²) in [4.78, 5) is 0. The fourth-order valence-corrected chi connectivity index (χ4v) is 1.46. The fraction of sp³-hybridized carbons (Fsp3) is 0.143. The van der Waals surface area contributed by atoms with Crippen molar-refractivity contribution < 1.29 is 44.6 Å². The maximum absolute atomic E-state index is 12.5. The number of nitrogens with two attached hydrogens (primary N) is 2. The van der Waals surface area contributed by atoms with E-state index in [0.717, 1.165) is 36.4 Å². The minimum absolute atomic E-state index is 0.387. The number of rotatable bonds is 2. The van der Waals surface area contributed by atoms with Crippen LogP contribution in [0.4, 0.5) is 46.5 Å². The third kappa shape index (κ3) is 7.77. The molecule has 2 rings (SSSR count). The molecule has 26 heavy (non-hydrogen) atoms. The Morgan fingerprint density at radius 1 is 0.692 bits per heavy atom. The molecule has 0 heterocycles. The molecule has 0 atom stereocenters. The van der Waals surface area contributed by atoms with Crippen LogP contribution in [0.2, 0.25) is 0 Å². The molecule has 0 radical (unpaired) electrons. The van der Waals surface area contributed by atoms with Gasteiger partial charge in [-0.1, -0.05) is 0 Å². The van der Waals surface area contributed by atoms with Crippen LogP contribution in [-0.4, -0.2) is 12.7 Å². The number of alkyl halides is 6. The number of ether oxygens (including phenoxy) is 2. The molecule has 0 bridgehead atoms. The number of hydrogen-bond acceptors (Lipinski definition) is 4. The van der Waals surface area contributed by atoms with Gasteiger partial charge in [0.05, 0.1) is 11.4 Å². The molecule has 0 saturated carbocycles. The quantitative estimate of drug-likeness (QED) is 0.580. The van der Waals surface area contributed by atoms with Gasteiger partial charge in [0.25, 0.3) is 0 Å². The molecule has 0 spiro atoms. The summed E-state index contributed by atoms with van der Waals surface area (Å²) in [5, 5.41) is 0. The first-order chi connectivity index (χ1) is 11.8. The van der Waals surface area contributed by atoms with E-state index in [0.29, 0.717) is 0 Å². The van der Waals surface area contributed by atoms with Gasteiger partial charge in [-0.2, -0.15) is 0 Å². The zero-order valence-electron chi connectivity index (χ0n) is 12.5. The molecular formula is C14H10F8N2O2. The highest BCUT2D eigenvalue weighted by atomic mass is 19.4. The molecular weight excluding hydrogens is 380 g/mol. The zero-order valence-corrected chi connectivity index (χ0v) is 12.5. The van der Waals surface area contributed by atoms with Crippen molar-refractivity contribution in [3.8, 4) is 11.5 Å². The van der Waals surface area contributed by atoms with Crippen LogP contribution >= 0.6 is 0 Å². The van der Waals surface area contributed by atoms with Crippen LogP contribution in [0.3, 0.4) is 0 Å². The second-order valence-corrected chi connectivity index (χ2v) is 4.46. The topological polar surface area (TPSA) is 70.5 Å². The highest BCUT2D eigenvalue weighted by molar-refractivity contribution is 5.52. The Morgan fingerprint density at radius 3 is 1.73 bits per heavy atom.